The van der Waals surface area contributed by atoms with Crippen molar-refractivity contribution in [3.05, 3.63) is 0 Å². The van der Waals surface area contributed by atoms with Crippen molar-refractivity contribution < 1.29 is 19.5 Å². The molecule has 0 saturated carbocycles. The third-order valence-corrected chi connectivity index (χ3v) is 7.09. The molecule has 0 aliphatic heterocycles. The smallest absolute Gasteiger partial charge is 0.222 e. The standard InChI is InChI=1S/C7H15NO2SSe2.2CHNO/c1-3-12-8(13-4-2)6(5-11)7(9)10;2*2-1-3/h6,11H,3-5H2,1-2H3,(H,9,10);2*2H. The molecular formula is C9H17N3O4SSe2. The molecule has 7 nitrogen and oxygen atoms in total. The largest absolute Gasteiger partial charge is 0.231 e. The summed E-state index contributed by atoms with van der Waals surface area (Å²) < 4.78 is 2.11. The summed E-state index contributed by atoms with van der Waals surface area (Å²) in [6.45, 7) is 4.19. The Labute approximate surface area is 130 Å². The Balaban J connectivity index is -0.000000360. The maximum Gasteiger partial charge on any atom is 0.231 e. The Kier molecular flexibility index (Phi) is 24.8. The number of carboxylic acid groups (broad SMARTS) is 1. The van der Waals surface area contributed by atoms with Crippen LogP contribution < -0.4 is 0 Å². The fraction of sp³-hybridized carbons (Fsp3) is 0.667. The summed E-state index contributed by atoms with van der Waals surface area (Å²) in [5.41, 5.74) is 0. The summed E-state index contributed by atoms with van der Waals surface area (Å²) in [7, 11) is 0. The van der Waals surface area contributed by atoms with Crippen LogP contribution in [0.25, 0.3) is 0 Å². The minimum Gasteiger partial charge on any atom is -0.222 e. The second-order valence-electron chi connectivity index (χ2n) is 2.36. The molecule has 0 aromatic rings. The molecule has 0 aromatic carbocycles. The molecule has 110 valence electrons. The number of carboxylic acids is 1. The number of isocyanates is 2. The molecular weight excluding hydrogens is 404 g/mol. The van der Waals surface area contributed by atoms with Crippen LogP contribution in [-0.4, -0.2) is 68.3 Å². The van der Waals surface area contributed by atoms with Gasteiger partial charge in [0.25, 0.3) is 0 Å². The van der Waals surface area contributed by atoms with Crippen molar-refractivity contribution in [1.82, 2.24) is 2.93 Å². The SMILES string of the molecule is CC[Se]N([Se]CC)C(CS)C(=O)O.N=C=O.N=C=O. The third-order valence-electron chi connectivity index (χ3n) is 1.23. The number of carbonyl (C=O) groups is 1. The number of rotatable bonds is 7. The molecule has 3 N–H and O–H groups in total. The monoisotopic (exact) mass is 423 g/mol. The Morgan fingerprint density at radius 1 is 1.26 bits per heavy atom. The zero-order valence-electron chi connectivity index (χ0n) is 10.6. The van der Waals surface area contributed by atoms with E-state index in [1.807, 2.05) is 0 Å². The maximum atomic E-state index is 10.9. The molecule has 0 spiro atoms. The fourth-order valence-corrected chi connectivity index (χ4v) is 7.30. The first-order valence-corrected chi connectivity index (χ1v) is 9.55. The first kappa shape index (κ1) is 23.7. The van der Waals surface area contributed by atoms with E-state index in [0.29, 0.717) is 36.1 Å². The molecule has 10 heteroatoms. The molecule has 19 heavy (non-hydrogen) atoms. The van der Waals surface area contributed by atoms with Crippen molar-refractivity contribution in [2.75, 3.05) is 5.75 Å². The number of nitrogens with zero attached hydrogens (tertiary/aromatic N) is 1. The average Bonchev–Trinajstić information content (AvgIpc) is 2.32. The summed E-state index contributed by atoms with van der Waals surface area (Å²) >= 11 is 4.72. The molecule has 0 heterocycles. The molecule has 0 aromatic heterocycles. The van der Waals surface area contributed by atoms with Gasteiger partial charge in [-0.25, -0.2) is 20.4 Å². The van der Waals surface area contributed by atoms with Crippen molar-refractivity contribution in [2.24, 2.45) is 0 Å². The van der Waals surface area contributed by atoms with Crippen molar-refractivity contribution in [1.29, 1.82) is 10.8 Å². The van der Waals surface area contributed by atoms with Crippen molar-refractivity contribution in [3.8, 4) is 0 Å². The van der Waals surface area contributed by atoms with Gasteiger partial charge in [0.05, 0.1) is 0 Å². The molecule has 0 aliphatic carbocycles. The predicted octanol–water partition coefficient (Wildman–Crippen LogP) is 0.588. The average molecular weight is 421 g/mol. The van der Waals surface area contributed by atoms with E-state index >= 15 is 0 Å². The summed E-state index contributed by atoms with van der Waals surface area (Å²) in [4.78, 5) is 27.5. The zero-order chi connectivity index (χ0) is 15.7. The number of carbonyl (C=O) groups excluding carboxylic acids is 2. The Hall–Kier alpha value is -0.421. The van der Waals surface area contributed by atoms with E-state index in [4.69, 9.17) is 25.5 Å². The summed E-state index contributed by atoms with van der Waals surface area (Å²) in [6, 6.07) is -0.372. The molecule has 0 bridgehead atoms. The van der Waals surface area contributed by atoms with Crippen LogP contribution in [0, 0.1) is 10.8 Å². The predicted molar refractivity (Wildman–Crippen MR) is 76.4 cm³/mol. The van der Waals surface area contributed by atoms with E-state index in [1.165, 1.54) is 0 Å². The number of aliphatic carboxylic acids is 1. The van der Waals surface area contributed by atoms with Gasteiger partial charge in [-0.1, -0.05) is 0 Å². The van der Waals surface area contributed by atoms with Crippen LogP contribution in [0.4, 0.5) is 0 Å². The number of thiol groups is 1. The second-order valence-corrected chi connectivity index (χ2v) is 9.06. The van der Waals surface area contributed by atoms with Crippen molar-refractivity contribution in [3.63, 3.8) is 0 Å². The topological polar surface area (TPSA) is 122 Å². The number of hydrogen-bond donors (Lipinski definition) is 4. The summed E-state index contributed by atoms with van der Waals surface area (Å²) in [5.74, 6) is -0.320. The maximum absolute atomic E-state index is 10.9. The Morgan fingerprint density at radius 2 is 1.58 bits per heavy atom. The van der Waals surface area contributed by atoms with Gasteiger partial charge in [0, 0.05) is 0 Å². The van der Waals surface area contributed by atoms with Gasteiger partial charge in [-0.3, -0.25) is 0 Å². The quantitative estimate of drug-likeness (QED) is 0.208. The van der Waals surface area contributed by atoms with Gasteiger partial charge < -0.3 is 0 Å². The Morgan fingerprint density at radius 3 is 1.74 bits per heavy atom. The van der Waals surface area contributed by atoms with Gasteiger partial charge in [0.2, 0.25) is 12.2 Å². The van der Waals surface area contributed by atoms with Crippen LogP contribution in [0.1, 0.15) is 13.8 Å². The molecule has 1 unspecified atom stereocenters. The second kappa shape index (κ2) is 19.9. The van der Waals surface area contributed by atoms with Crippen molar-refractivity contribution >= 4 is 61.1 Å². The van der Waals surface area contributed by atoms with E-state index in [0.717, 1.165) is 22.8 Å². The van der Waals surface area contributed by atoms with Crippen LogP contribution in [0.3, 0.4) is 0 Å². The molecule has 0 saturated heterocycles. The first-order chi connectivity index (χ1) is 9.00. The van der Waals surface area contributed by atoms with Gasteiger partial charge in [-0.2, -0.15) is 0 Å². The molecule has 0 fully saturated rings. The fourth-order valence-electron chi connectivity index (χ4n) is 0.707. The summed E-state index contributed by atoms with van der Waals surface area (Å²) in [5, 5.41) is 21.9. The molecule has 0 amide bonds. The third kappa shape index (κ3) is 17.6. The normalized spacial score (nSPS) is 9.89. The van der Waals surface area contributed by atoms with Gasteiger partial charge >= 0.3 is 98.1 Å². The Bertz CT molecular complexity index is 277. The van der Waals surface area contributed by atoms with Gasteiger partial charge in [-0.15, -0.1) is 0 Å². The van der Waals surface area contributed by atoms with Crippen LogP contribution in [-0.2, 0) is 14.4 Å². The van der Waals surface area contributed by atoms with E-state index in [9.17, 15) is 4.79 Å². The minimum atomic E-state index is -0.736. The van der Waals surface area contributed by atoms with Gasteiger partial charge in [0.15, 0.2) is 0 Å². The van der Waals surface area contributed by atoms with E-state index in [-0.39, 0.29) is 6.04 Å². The van der Waals surface area contributed by atoms with E-state index in [2.05, 4.69) is 29.4 Å². The summed E-state index contributed by atoms with van der Waals surface area (Å²) in [6.07, 6.45) is 1.50. The molecule has 0 aliphatic rings. The van der Waals surface area contributed by atoms with Crippen LogP contribution in [0.2, 0.25) is 10.6 Å². The molecule has 1 atom stereocenters. The van der Waals surface area contributed by atoms with E-state index in [1.54, 1.807) is 0 Å². The van der Waals surface area contributed by atoms with Crippen LogP contribution in [0.5, 0.6) is 0 Å². The number of nitrogens with one attached hydrogen (secondary N) is 2. The van der Waals surface area contributed by atoms with Crippen LogP contribution in [0.15, 0.2) is 0 Å². The van der Waals surface area contributed by atoms with E-state index < -0.39 is 5.97 Å². The van der Waals surface area contributed by atoms with Crippen molar-refractivity contribution in [2.45, 2.75) is 30.5 Å². The van der Waals surface area contributed by atoms with Gasteiger partial charge in [-0.05, 0) is 0 Å². The zero-order valence-corrected chi connectivity index (χ0v) is 14.9. The van der Waals surface area contributed by atoms with Crippen LogP contribution >= 0.6 is 12.6 Å². The molecule has 0 radical (unpaired) electrons. The van der Waals surface area contributed by atoms with Gasteiger partial charge in [0.1, 0.15) is 0 Å². The number of hydrogen-bond acceptors (Lipinski definition) is 7. The first-order valence-electron chi connectivity index (χ1n) is 4.96. The molecule has 0 rings (SSSR count). The minimum absolute atomic E-state index is 0.321.